The lowest BCUT2D eigenvalue weighted by Crippen LogP contribution is -2.33. The number of aliphatic hydroxyl groups excluding tert-OH is 3. The number of hydrogen-bond acceptors (Lipinski definition) is 9. The van der Waals surface area contributed by atoms with Gasteiger partial charge in [0.05, 0.1) is 13.7 Å². The van der Waals surface area contributed by atoms with E-state index in [0.717, 1.165) is 4.68 Å². The number of nitrogens with zero attached hydrogens (tertiary/aromatic N) is 3. The van der Waals surface area contributed by atoms with Gasteiger partial charge >= 0.3 is 0 Å². The summed E-state index contributed by atoms with van der Waals surface area (Å²) in [5, 5.41) is 33.1. The van der Waals surface area contributed by atoms with Crippen molar-refractivity contribution >= 4 is 17.0 Å². The molecule has 0 spiro atoms. The van der Waals surface area contributed by atoms with E-state index >= 15 is 0 Å². The molecule has 2 aromatic rings. The lowest BCUT2D eigenvalue weighted by molar-refractivity contribution is -0.0570. The number of aromatic amines is 1. The zero-order chi connectivity index (χ0) is 16.0. The van der Waals surface area contributed by atoms with Crippen LogP contribution in [0.15, 0.2) is 4.79 Å². The molecule has 1 fully saturated rings. The predicted octanol–water partition coefficient (Wildman–Crippen LogP) is -2.68. The summed E-state index contributed by atoms with van der Waals surface area (Å²) in [7, 11) is 1.32. The topological polar surface area (TPSA) is 169 Å². The lowest BCUT2D eigenvalue weighted by atomic mass is 10.1. The molecule has 11 heteroatoms. The summed E-state index contributed by atoms with van der Waals surface area (Å²) in [6.07, 6.45) is -4.80. The minimum atomic E-state index is -1.37. The maximum Gasteiger partial charge on any atom is 0.267 e. The number of nitrogen functional groups attached to an aromatic ring is 1. The van der Waals surface area contributed by atoms with Gasteiger partial charge in [0.15, 0.2) is 11.9 Å². The number of aromatic nitrogens is 4. The van der Waals surface area contributed by atoms with Crippen molar-refractivity contribution in [2.24, 2.45) is 0 Å². The minimum Gasteiger partial charge on any atom is -0.479 e. The van der Waals surface area contributed by atoms with Gasteiger partial charge in [-0.05, 0) is 0 Å². The first-order chi connectivity index (χ1) is 10.5. The Labute approximate surface area is 122 Å². The Morgan fingerprint density at radius 2 is 2.18 bits per heavy atom. The van der Waals surface area contributed by atoms with Crippen LogP contribution < -0.4 is 16.0 Å². The SMILES string of the molecule is COc1nn(C2O[C@H](CO)[C@@H](O)[C@H]2O)c2nc(N)[nH]c(=O)c12. The van der Waals surface area contributed by atoms with Crippen LogP contribution in [-0.2, 0) is 4.74 Å². The Hall–Kier alpha value is -2.21. The van der Waals surface area contributed by atoms with Crippen LogP contribution in [0.4, 0.5) is 5.95 Å². The Morgan fingerprint density at radius 1 is 1.45 bits per heavy atom. The van der Waals surface area contributed by atoms with Crippen LogP contribution in [0.3, 0.4) is 0 Å². The van der Waals surface area contributed by atoms with Gasteiger partial charge in [-0.2, -0.15) is 4.98 Å². The Morgan fingerprint density at radius 3 is 2.77 bits per heavy atom. The Kier molecular flexibility index (Phi) is 3.48. The van der Waals surface area contributed by atoms with Crippen molar-refractivity contribution < 1.29 is 24.8 Å². The van der Waals surface area contributed by atoms with Crippen LogP contribution in [0.5, 0.6) is 5.88 Å². The summed E-state index contributed by atoms with van der Waals surface area (Å²) in [4.78, 5) is 18.3. The molecule has 0 aliphatic carbocycles. The first-order valence-corrected chi connectivity index (χ1v) is 6.42. The normalized spacial score (nSPS) is 28.4. The van der Waals surface area contributed by atoms with Crippen molar-refractivity contribution in [2.45, 2.75) is 24.5 Å². The van der Waals surface area contributed by atoms with Crippen molar-refractivity contribution in [3.05, 3.63) is 10.4 Å². The molecule has 1 aliphatic heterocycles. The van der Waals surface area contributed by atoms with Crippen molar-refractivity contribution in [1.82, 2.24) is 19.7 Å². The van der Waals surface area contributed by atoms with E-state index in [-0.39, 0.29) is 22.9 Å². The monoisotopic (exact) mass is 313 g/mol. The summed E-state index contributed by atoms with van der Waals surface area (Å²) in [6.45, 7) is -0.485. The predicted molar refractivity (Wildman–Crippen MR) is 72.1 cm³/mol. The van der Waals surface area contributed by atoms with Gasteiger partial charge in [0.25, 0.3) is 5.56 Å². The fraction of sp³-hybridized carbons (Fsp3) is 0.545. The van der Waals surface area contributed by atoms with Gasteiger partial charge < -0.3 is 30.5 Å². The average molecular weight is 313 g/mol. The summed E-state index contributed by atoms with van der Waals surface area (Å²) in [5.41, 5.74) is 4.99. The van der Waals surface area contributed by atoms with Crippen molar-refractivity contribution in [2.75, 3.05) is 19.5 Å². The number of aliphatic hydroxyl groups is 3. The third-order valence-electron chi connectivity index (χ3n) is 3.50. The van der Waals surface area contributed by atoms with Gasteiger partial charge in [0.1, 0.15) is 23.7 Å². The fourth-order valence-electron chi connectivity index (χ4n) is 2.43. The molecule has 0 bridgehead atoms. The number of hydrogen-bond donors (Lipinski definition) is 5. The number of anilines is 1. The second kappa shape index (κ2) is 5.21. The van der Waals surface area contributed by atoms with E-state index in [1.54, 1.807) is 0 Å². The molecule has 1 saturated heterocycles. The van der Waals surface area contributed by atoms with Gasteiger partial charge in [-0.25, -0.2) is 4.68 Å². The quantitative estimate of drug-likeness (QED) is 0.405. The van der Waals surface area contributed by atoms with Crippen molar-refractivity contribution in [3.63, 3.8) is 0 Å². The summed E-state index contributed by atoms with van der Waals surface area (Å²) >= 11 is 0. The molecule has 0 saturated carbocycles. The number of nitrogens with one attached hydrogen (secondary N) is 1. The van der Waals surface area contributed by atoms with E-state index in [1.807, 2.05) is 0 Å². The van der Waals surface area contributed by atoms with E-state index in [4.69, 9.17) is 20.3 Å². The van der Waals surface area contributed by atoms with Crippen LogP contribution in [0.25, 0.3) is 11.0 Å². The van der Waals surface area contributed by atoms with Gasteiger partial charge in [-0.1, -0.05) is 0 Å². The molecule has 2 aromatic heterocycles. The van der Waals surface area contributed by atoms with Crippen molar-refractivity contribution in [3.8, 4) is 5.88 Å². The molecule has 6 N–H and O–H groups in total. The third kappa shape index (κ3) is 2.02. The average Bonchev–Trinajstić information content (AvgIpc) is 2.98. The Bertz CT molecular complexity index is 757. The second-order valence-corrected chi connectivity index (χ2v) is 4.83. The zero-order valence-corrected chi connectivity index (χ0v) is 11.5. The van der Waals surface area contributed by atoms with Gasteiger partial charge in [-0.15, -0.1) is 5.10 Å². The lowest BCUT2D eigenvalue weighted by Gasteiger charge is -2.15. The van der Waals surface area contributed by atoms with Crippen LogP contribution in [0, 0.1) is 0 Å². The first kappa shape index (κ1) is 14.7. The number of rotatable bonds is 3. The van der Waals surface area contributed by atoms with Gasteiger partial charge in [0.2, 0.25) is 11.8 Å². The summed E-state index contributed by atoms with van der Waals surface area (Å²) in [5.74, 6) is -0.172. The molecule has 0 aromatic carbocycles. The van der Waals surface area contributed by atoms with Crippen LogP contribution in [0.1, 0.15) is 6.23 Å². The number of fused-ring (bicyclic) bond motifs is 1. The largest absolute Gasteiger partial charge is 0.479 e. The minimum absolute atomic E-state index is 0.0264. The van der Waals surface area contributed by atoms with E-state index in [0.29, 0.717) is 0 Å². The molecule has 4 atom stereocenters. The molecule has 22 heavy (non-hydrogen) atoms. The first-order valence-electron chi connectivity index (χ1n) is 6.42. The molecule has 120 valence electrons. The van der Waals surface area contributed by atoms with Gasteiger partial charge in [-0.3, -0.25) is 9.78 Å². The molecular weight excluding hydrogens is 298 g/mol. The summed E-state index contributed by atoms with van der Waals surface area (Å²) < 4.78 is 11.5. The smallest absolute Gasteiger partial charge is 0.267 e. The number of H-pyrrole nitrogens is 1. The van der Waals surface area contributed by atoms with E-state index in [9.17, 15) is 15.0 Å². The highest BCUT2D eigenvalue weighted by Crippen LogP contribution is 2.32. The summed E-state index contributed by atoms with van der Waals surface area (Å²) in [6, 6.07) is 0. The molecule has 1 unspecified atom stereocenters. The highest BCUT2D eigenvalue weighted by atomic mass is 16.6. The number of ether oxygens (including phenoxy) is 2. The van der Waals surface area contributed by atoms with Gasteiger partial charge in [0, 0.05) is 0 Å². The zero-order valence-electron chi connectivity index (χ0n) is 11.5. The van der Waals surface area contributed by atoms with Crippen molar-refractivity contribution in [1.29, 1.82) is 0 Å². The van der Waals surface area contributed by atoms with E-state index in [1.165, 1.54) is 7.11 Å². The highest BCUT2D eigenvalue weighted by Gasteiger charge is 2.45. The molecule has 3 heterocycles. The number of methoxy groups -OCH3 is 1. The number of nitrogens with two attached hydrogens (primary N) is 1. The van der Waals surface area contributed by atoms with E-state index in [2.05, 4.69) is 15.1 Å². The molecule has 0 radical (unpaired) electrons. The molecule has 1 aliphatic rings. The Balaban J connectivity index is 2.18. The maximum atomic E-state index is 12.0. The maximum absolute atomic E-state index is 12.0. The fourth-order valence-corrected chi connectivity index (χ4v) is 2.43. The highest BCUT2D eigenvalue weighted by molar-refractivity contribution is 5.81. The van der Waals surface area contributed by atoms with Crippen LogP contribution >= 0.6 is 0 Å². The molecular formula is C11H15N5O6. The second-order valence-electron chi connectivity index (χ2n) is 4.83. The molecule has 0 amide bonds. The van der Waals surface area contributed by atoms with Crippen LogP contribution in [-0.4, -0.2) is 67.1 Å². The third-order valence-corrected chi connectivity index (χ3v) is 3.50. The standard InChI is InChI=1S/C11H15N5O6/c1-21-9-4-7(13-11(12)14-8(4)20)16(15-9)10-6(19)5(18)3(2-17)22-10/h3,5-6,10,17-19H,2H2,1H3,(H3,12,13,14,20)/t3-,5-,6-,10?/m1/s1. The van der Waals surface area contributed by atoms with Crippen LogP contribution in [0.2, 0.25) is 0 Å². The molecule has 3 rings (SSSR count). The molecule has 11 nitrogen and oxygen atoms in total. The van der Waals surface area contributed by atoms with E-state index < -0.39 is 36.7 Å².